The molecule has 1 aliphatic heterocycles. The number of benzene rings is 2. The van der Waals surface area contributed by atoms with E-state index in [-0.39, 0.29) is 11.7 Å². The zero-order valence-corrected chi connectivity index (χ0v) is 16.4. The summed E-state index contributed by atoms with van der Waals surface area (Å²) in [7, 11) is 0. The summed E-state index contributed by atoms with van der Waals surface area (Å²) in [6.07, 6.45) is 2.03. The van der Waals surface area contributed by atoms with Gasteiger partial charge in [-0.1, -0.05) is 24.3 Å². The summed E-state index contributed by atoms with van der Waals surface area (Å²) in [5.74, 6) is 0.223. The second kappa shape index (κ2) is 10.7. The van der Waals surface area contributed by atoms with Crippen LogP contribution in [0.3, 0.4) is 0 Å². The highest BCUT2D eigenvalue weighted by molar-refractivity contribution is 5.78. The van der Waals surface area contributed by atoms with Gasteiger partial charge in [0, 0.05) is 13.2 Å². The topological polar surface area (TPSA) is 65.4 Å². The van der Waals surface area contributed by atoms with Gasteiger partial charge in [0.05, 0.1) is 24.8 Å². The monoisotopic (exact) mass is 395 g/mol. The van der Waals surface area contributed by atoms with Crippen molar-refractivity contribution in [2.24, 2.45) is 5.92 Å². The average molecular weight is 395 g/mol. The van der Waals surface area contributed by atoms with Crippen LogP contribution in [0.5, 0.6) is 0 Å². The van der Waals surface area contributed by atoms with Crippen molar-refractivity contribution in [2.75, 3.05) is 26.2 Å². The third-order valence-corrected chi connectivity index (χ3v) is 5.18. The van der Waals surface area contributed by atoms with Crippen molar-refractivity contribution < 1.29 is 13.9 Å². The number of rotatable bonds is 8. The van der Waals surface area contributed by atoms with Gasteiger partial charge in [-0.2, -0.15) is 5.26 Å². The van der Waals surface area contributed by atoms with Gasteiger partial charge >= 0.3 is 0 Å². The van der Waals surface area contributed by atoms with Gasteiger partial charge in [0.1, 0.15) is 5.82 Å². The molecule has 1 heterocycles. The van der Waals surface area contributed by atoms with E-state index in [2.05, 4.69) is 16.3 Å². The highest BCUT2D eigenvalue weighted by Gasteiger charge is 2.21. The number of nitrogens with one attached hydrogen (secondary N) is 1. The van der Waals surface area contributed by atoms with E-state index in [0.717, 1.165) is 37.1 Å². The van der Waals surface area contributed by atoms with Gasteiger partial charge in [0.15, 0.2) is 0 Å². The maximum absolute atomic E-state index is 12.9. The SMILES string of the molecule is N#Cc1ccc(COCC2CCN(CC(=O)NCc3ccc(F)cc3)CC2)cc1. The quantitative estimate of drug-likeness (QED) is 0.745. The summed E-state index contributed by atoms with van der Waals surface area (Å²) in [5, 5.41) is 11.7. The Morgan fingerprint density at radius 2 is 1.76 bits per heavy atom. The number of hydrogen-bond acceptors (Lipinski definition) is 4. The molecule has 152 valence electrons. The molecular weight excluding hydrogens is 369 g/mol. The van der Waals surface area contributed by atoms with Crippen molar-refractivity contribution in [1.82, 2.24) is 10.2 Å². The summed E-state index contributed by atoms with van der Waals surface area (Å²) < 4.78 is 18.7. The molecule has 0 saturated carbocycles. The van der Waals surface area contributed by atoms with E-state index in [0.29, 0.717) is 37.8 Å². The maximum atomic E-state index is 12.9. The lowest BCUT2D eigenvalue weighted by Crippen LogP contribution is -2.42. The lowest BCUT2D eigenvalue weighted by molar-refractivity contribution is -0.122. The predicted molar refractivity (Wildman–Crippen MR) is 108 cm³/mol. The number of carbonyl (C=O) groups excluding carboxylic acids is 1. The molecule has 2 aromatic carbocycles. The first-order valence-corrected chi connectivity index (χ1v) is 9.92. The lowest BCUT2D eigenvalue weighted by atomic mass is 9.98. The number of likely N-dealkylation sites (tertiary alicyclic amines) is 1. The molecule has 0 atom stereocenters. The fourth-order valence-corrected chi connectivity index (χ4v) is 3.39. The van der Waals surface area contributed by atoms with Crippen LogP contribution in [0.4, 0.5) is 4.39 Å². The minimum atomic E-state index is -0.274. The Morgan fingerprint density at radius 1 is 1.10 bits per heavy atom. The Bertz CT molecular complexity index is 823. The highest BCUT2D eigenvalue weighted by atomic mass is 19.1. The van der Waals surface area contributed by atoms with Gasteiger partial charge in [-0.05, 0) is 67.2 Å². The van der Waals surface area contributed by atoms with Crippen molar-refractivity contribution in [3.8, 4) is 6.07 Å². The zero-order chi connectivity index (χ0) is 20.5. The third-order valence-electron chi connectivity index (χ3n) is 5.18. The van der Waals surface area contributed by atoms with Gasteiger partial charge in [-0.3, -0.25) is 9.69 Å². The first kappa shape index (κ1) is 21.0. The van der Waals surface area contributed by atoms with Crippen molar-refractivity contribution in [3.05, 3.63) is 71.0 Å². The summed E-state index contributed by atoms with van der Waals surface area (Å²) in [6.45, 7) is 3.84. The molecule has 6 heteroatoms. The van der Waals surface area contributed by atoms with E-state index in [1.807, 2.05) is 12.1 Å². The fraction of sp³-hybridized carbons (Fsp3) is 0.391. The molecule has 0 unspecified atom stereocenters. The van der Waals surface area contributed by atoms with E-state index in [9.17, 15) is 9.18 Å². The molecule has 0 spiro atoms. The molecular formula is C23H26FN3O2. The Labute approximate surface area is 171 Å². The minimum absolute atomic E-state index is 0.00941. The van der Waals surface area contributed by atoms with Crippen LogP contribution >= 0.6 is 0 Å². The Hall–Kier alpha value is -2.75. The Balaban J connectivity index is 1.30. The first-order chi connectivity index (χ1) is 14.1. The lowest BCUT2D eigenvalue weighted by Gasteiger charge is -2.31. The molecule has 2 aromatic rings. The normalized spacial score (nSPS) is 15.0. The van der Waals surface area contributed by atoms with Crippen LogP contribution < -0.4 is 5.32 Å². The van der Waals surface area contributed by atoms with Gasteiger partial charge in [-0.25, -0.2) is 4.39 Å². The molecule has 5 nitrogen and oxygen atoms in total. The summed E-state index contributed by atoms with van der Waals surface area (Å²) in [4.78, 5) is 14.3. The van der Waals surface area contributed by atoms with Gasteiger partial charge in [0.2, 0.25) is 5.91 Å². The predicted octanol–water partition coefficient (Wildman–Crippen LogP) is 3.24. The smallest absolute Gasteiger partial charge is 0.234 e. The zero-order valence-electron chi connectivity index (χ0n) is 16.4. The highest BCUT2D eigenvalue weighted by Crippen LogP contribution is 2.18. The number of hydrogen-bond donors (Lipinski definition) is 1. The second-order valence-electron chi connectivity index (χ2n) is 7.45. The molecule has 0 radical (unpaired) electrons. The number of amides is 1. The van der Waals surface area contributed by atoms with Crippen LogP contribution in [0.15, 0.2) is 48.5 Å². The summed E-state index contributed by atoms with van der Waals surface area (Å²) in [5.41, 5.74) is 2.61. The summed E-state index contributed by atoms with van der Waals surface area (Å²) in [6, 6.07) is 15.7. The molecule has 1 aliphatic rings. The Morgan fingerprint density at radius 3 is 2.41 bits per heavy atom. The van der Waals surface area contributed by atoms with Gasteiger partial charge in [-0.15, -0.1) is 0 Å². The van der Waals surface area contributed by atoms with Crippen LogP contribution in [0.1, 0.15) is 29.5 Å². The molecule has 1 saturated heterocycles. The van der Waals surface area contributed by atoms with E-state index >= 15 is 0 Å². The van der Waals surface area contributed by atoms with E-state index in [1.54, 1.807) is 24.3 Å². The molecule has 1 amide bonds. The molecule has 0 aliphatic carbocycles. The van der Waals surface area contributed by atoms with Crippen molar-refractivity contribution >= 4 is 5.91 Å². The van der Waals surface area contributed by atoms with E-state index in [1.165, 1.54) is 12.1 Å². The molecule has 1 fully saturated rings. The number of piperidine rings is 1. The maximum Gasteiger partial charge on any atom is 0.234 e. The van der Waals surface area contributed by atoms with E-state index in [4.69, 9.17) is 10.00 Å². The first-order valence-electron chi connectivity index (χ1n) is 9.92. The molecule has 29 heavy (non-hydrogen) atoms. The van der Waals surface area contributed by atoms with Crippen LogP contribution in [0, 0.1) is 23.1 Å². The van der Waals surface area contributed by atoms with Crippen molar-refractivity contribution in [2.45, 2.75) is 26.0 Å². The van der Waals surface area contributed by atoms with Crippen LogP contribution in [-0.4, -0.2) is 37.0 Å². The second-order valence-corrected chi connectivity index (χ2v) is 7.45. The van der Waals surface area contributed by atoms with Crippen LogP contribution in [-0.2, 0) is 22.7 Å². The molecule has 1 N–H and O–H groups in total. The molecule has 0 bridgehead atoms. The largest absolute Gasteiger partial charge is 0.376 e. The minimum Gasteiger partial charge on any atom is -0.376 e. The molecule has 0 aromatic heterocycles. The van der Waals surface area contributed by atoms with Gasteiger partial charge < -0.3 is 10.1 Å². The molecule has 3 rings (SSSR count). The van der Waals surface area contributed by atoms with Crippen LogP contribution in [0.25, 0.3) is 0 Å². The van der Waals surface area contributed by atoms with Crippen LogP contribution in [0.2, 0.25) is 0 Å². The number of carbonyl (C=O) groups is 1. The fourth-order valence-electron chi connectivity index (χ4n) is 3.39. The Kier molecular flexibility index (Phi) is 7.74. The van der Waals surface area contributed by atoms with E-state index < -0.39 is 0 Å². The van der Waals surface area contributed by atoms with Gasteiger partial charge in [0.25, 0.3) is 0 Å². The number of nitriles is 1. The van der Waals surface area contributed by atoms with Crippen molar-refractivity contribution in [1.29, 1.82) is 5.26 Å². The number of nitrogens with zero attached hydrogens (tertiary/aromatic N) is 2. The number of ether oxygens (including phenoxy) is 1. The summed E-state index contributed by atoms with van der Waals surface area (Å²) >= 11 is 0. The van der Waals surface area contributed by atoms with Crippen molar-refractivity contribution in [3.63, 3.8) is 0 Å². The standard InChI is InChI=1S/C23H26FN3O2/c24-22-7-5-19(6-8-22)14-26-23(28)15-27-11-9-21(10-12-27)17-29-16-20-3-1-18(13-25)2-4-20/h1-8,21H,9-12,14-17H2,(H,26,28). The average Bonchev–Trinajstić information content (AvgIpc) is 2.75. The third kappa shape index (κ3) is 6.97. The number of halogens is 1.